The molecule has 2 aliphatic heterocycles. The summed E-state index contributed by atoms with van der Waals surface area (Å²) in [5.41, 5.74) is 10.6. The molecule has 6 nitrogen and oxygen atoms in total. The Morgan fingerprint density at radius 2 is 1.95 bits per heavy atom. The van der Waals surface area contributed by atoms with Crippen LogP contribution in [0.1, 0.15) is 11.6 Å². The standard InChI is InChI=1S/C14H22N4O2/c1-17-4-6-18(7-5-17)16-12(9-15)11-2-3-13-14(8-11)20-10-19-13/h2-3,8,12,16H,4-7,9-10,15H2,1H3. The van der Waals surface area contributed by atoms with E-state index in [4.69, 9.17) is 15.2 Å². The van der Waals surface area contributed by atoms with Crippen LogP contribution in [0.3, 0.4) is 0 Å². The predicted octanol–water partition coefficient (Wildman–Crippen LogP) is 0.167. The van der Waals surface area contributed by atoms with Crippen molar-refractivity contribution in [3.8, 4) is 11.5 Å². The summed E-state index contributed by atoms with van der Waals surface area (Å²) in [5, 5.41) is 2.25. The molecule has 1 aromatic carbocycles. The Bertz CT molecular complexity index is 460. The molecule has 110 valence electrons. The highest BCUT2D eigenvalue weighted by atomic mass is 16.7. The minimum atomic E-state index is 0.105. The maximum Gasteiger partial charge on any atom is 0.231 e. The number of hydrogen-bond donors (Lipinski definition) is 2. The third-order valence-corrected chi connectivity index (χ3v) is 3.88. The second-order valence-electron chi connectivity index (χ2n) is 5.32. The Kier molecular flexibility index (Phi) is 4.07. The lowest BCUT2D eigenvalue weighted by atomic mass is 10.1. The molecule has 0 spiro atoms. The molecule has 1 fully saturated rings. The molecular weight excluding hydrogens is 256 g/mol. The van der Waals surface area contributed by atoms with Crippen LogP contribution >= 0.6 is 0 Å². The highest BCUT2D eigenvalue weighted by molar-refractivity contribution is 5.45. The number of nitrogens with two attached hydrogens (primary N) is 1. The zero-order valence-electron chi connectivity index (χ0n) is 11.8. The minimum Gasteiger partial charge on any atom is -0.454 e. The van der Waals surface area contributed by atoms with E-state index in [0.717, 1.165) is 43.2 Å². The Hall–Kier alpha value is -1.34. The zero-order chi connectivity index (χ0) is 13.9. The lowest BCUT2D eigenvalue weighted by molar-refractivity contribution is 0.0880. The fourth-order valence-corrected chi connectivity index (χ4v) is 2.55. The molecule has 2 aliphatic rings. The van der Waals surface area contributed by atoms with Crippen molar-refractivity contribution in [3.05, 3.63) is 23.8 Å². The molecule has 20 heavy (non-hydrogen) atoms. The van der Waals surface area contributed by atoms with E-state index in [0.29, 0.717) is 13.3 Å². The van der Waals surface area contributed by atoms with Gasteiger partial charge in [-0.2, -0.15) is 0 Å². The van der Waals surface area contributed by atoms with E-state index >= 15 is 0 Å². The van der Waals surface area contributed by atoms with Crippen LogP contribution in [0.4, 0.5) is 0 Å². The fourth-order valence-electron chi connectivity index (χ4n) is 2.55. The Labute approximate surface area is 119 Å². The maximum atomic E-state index is 5.92. The summed E-state index contributed by atoms with van der Waals surface area (Å²) in [4.78, 5) is 2.33. The lowest BCUT2D eigenvalue weighted by Gasteiger charge is -2.35. The van der Waals surface area contributed by atoms with E-state index in [-0.39, 0.29) is 6.04 Å². The van der Waals surface area contributed by atoms with Gasteiger partial charge in [0, 0.05) is 32.7 Å². The van der Waals surface area contributed by atoms with E-state index in [1.807, 2.05) is 18.2 Å². The number of nitrogens with one attached hydrogen (secondary N) is 1. The van der Waals surface area contributed by atoms with Crippen LogP contribution in [0.25, 0.3) is 0 Å². The van der Waals surface area contributed by atoms with Crippen molar-refractivity contribution < 1.29 is 9.47 Å². The third kappa shape index (κ3) is 2.88. The van der Waals surface area contributed by atoms with E-state index < -0.39 is 0 Å². The van der Waals surface area contributed by atoms with Crippen LogP contribution in [0.5, 0.6) is 11.5 Å². The number of nitrogens with zero attached hydrogens (tertiary/aromatic N) is 2. The maximum absolute atomic E-state index is 5.92. The average molecular weight is 278 g/mol. The van der Waals surface area contributed by atoms with Gasteiger partial charge in [-0.25, -0.2) is 10.4 Å². The predicted molar refractivity (Wildman–Crippen MR) is 76.6 cm³/mol. The Morgan fingerprint density at radius 3 is 2.70 bits per heavy atom. The van der Waals surface area contributed by atoms with E-state index in [1.165, 1.54) is 0 Å². The Morgan fingerprint density at radius 1 is 1.20 bits per heavy atom. The van der Waals surface area contributed by atoms with Crippen LogP contribution in [0, 0.1) is 0 Å². The van der Waals surface area contributed by atoms with Crippen molar-refractivity contribution in [2.75, 3.05) is 46.6 Å². The average Bonchev–Trinajstić information content (AvgIpc) is 2.94. The van der Waals surface area contributed by atoms with Crippen molar-refractivity contribution in [3.63, 3.8) is 0 Å². The summed E-state index contributed by atoms with van der Waals surface area (Å²) < 4.78 is 10.8. The third-order valence-electron chi connectivity index (χ3n) is 3.88. The number of fused-ring (bicyclic) bond motifs is 1. The van der Waals surface area contributed by atoms with Gasteiger partial charge < -0.3 is 20.1 Å². The monoisotopic (exact) mass is 278 g/mol. The van der Waals surface area contributed by atoms with Gasteiger partial charge in [0.05, 0.1) is 6.04 Å². The molecule has 1 atom stereocenters. The highest BCUT2D eigenvalue weighted by Gasteiger charge is 2.20. The summed E-state index contributed by atoms with van der Waals surface area (Å²) in [7, 11) is 2.15. The van der Waals surface area contributed by atoms with Crippen molar-refractivity contribution in [1.82, 2.24) is 15.3 Å². The molecule has 3 N–H and O–H groups in total. The molecule has 6 heteroatoms. The summed E-state index contributed by atoms with van der Waals surface area (Å²) in [5.74, 6) is 1.62. The first-order valence-corrected chi connectivity index (χ1v) is 7.05. The van der Waals surface area contributed by atoms with Crippen molar-refractivity contribution >= 4 is 0 Å². The summed E-state index contributed by atoms with van der Waals surface area (Å²) in [6, 6.07) is 6.12. The molecule has 0 bridgehead atoms. The molecule has 0 amide bonds. The van der Waals surface area contributed by atoms with Crippen LogP contribution in [-0.4, -0.2) is 56.5 Å². The van der Waals surface area contributed by atoms with Gasteiger partial charge in [0.15, 0.2) is 11.5 Å². The summed E-state index contributed by atoms with van der Waals surface area (Å²) >= 11 is 0. The second kappa shape index (κ2) is 5.97. The molecule has 0 saturated carbocycles. The van der Waals surface area contributed by atoms with Crippen LogP contribution < -0.4 is 20.6 Å². The molecule has 3 rings (SSSR count). The largest absolute Gasteiger partial charge is 0.454 e. The highest BCUT2D eigenvalue weighted by Crippen LogP contribution is 2.34. The van der Waals surface area contributed by atoms with Gasteiger partial charge in [-0.15, -0.1) is 0 Å². The van der Waals surface area contributed by atoms with Gasteiger partial charge in [-0.05, 0) is 24.7 Å². The molecule has 1 aromatic rings. The molecular formula is C14H22N4O2. The number of benzene rings is 1. The Balaban J connectivity index is 1.67. The van der Waals surface area contributed by atoms with Crippen molar-refractivity contribution in [2.24, 2.45) is 5.73 Å². The molecule has 0 radical (unpaired) electrons. The number of piperazine rings is 1. The molecule has 2 heterocycles. The van der Waals surface area contributed by atoms with Crippen LogP contribution in [-0.2, 0) is 0 Å². The summed E-state index contributed by atoms with van der Waals surface area (Å²) in [6.07, 6.45) is 0. The number of ether oxygens (including phenoxy) is 2. The topological polar surface area (TPSA) is 63.0 Å². The number of rotatable bonds is 4. The van der Waals surface area contributed by atoms with E-state index in [9.17, 15) is 0 Å². The number of hydrogen-bond acceptors (Lipinski definition) is 6. The van der Waals surface area contributed by atoms with Gasteiger partial charge in [-0.1, -0.05) is 6.07 Å². The zero-order valence-corrected chi connectivity index (χ0v) is 11.8. The summed E-state index contributed by atoms with van der Waals surface area (Å²) in [6.45, 7) is 5.02. The lowest BCUT2D eigenvalue weighted by Crippen LogP contribution is -2.52. The number of likely N-dealkylation sites (N-methyl/N-ethyl adjacent to an activating group) is 1. The molecule has 1 unspecified atom stereocenters. The fraction of sp³-hybridized carbons (Fsp3) is 0.571. The van der Waals surface area contributed by atoms with Gasteiger partial charge in [0.2, 0.25) is 6.79 Å². The van der Waals surface area contributed by atoms with Gasteiger partial charge >= 0.3 is 0 Å². The quantitative estimate of drug-likeness (QED) is 0.818. The SMILES string of the molecule is CN1CCN(NC(CN)c2ccc3c(c2)OCO3)CC1. The van der Waals surface area contributed by atoms with Crippen LogP contribution in [0.15, 0.2) is 18.2 Å². The molecule has 0 aromatic heterocycles. The van der Waals surface area contributed by atoms with Crippen molar-refractivity contribution in [2.45, 2.75) is 6.04 Å². The smallest absolute Gasteiger partial charge is 0.231 e. The van der Waals surface area contributed by atoms with Gasteiger partial charge in [-0.3, -0.25) is 0 Å². The first-order chi connectivity index (χ1) is 9.76. The first-order valence-electron chi connectivity index (χ1n) is 7.05. The number of hydrazine groups is 1. The minimum absolute atomic E-state index is 0.105. The van der Waals surface area contributed by atoms with Gasteiger partial charge in [0.25, 0.3) is 0 Å². The van der Waals surface area contributed by atoms with Gasteiger partial charge in [0.1, 0.15) is 0 Å². The van der Waals surface area contributed by atoms with E-state index in [1.54, 1.807) is 0 Å². The molecule has 0 aliphatic carbocycles. The first kappa shape index (κ1) is 13.6. The van der Waals surface area contributed by atoms with Crippen molar-refractivity contribution in [1.29, 1.82) is 0 Å². The molecule has 1 saturated heterocycles. The normalized spacial score (nSPS) is 21.1. The van der Waals surface area contributed by atoms with Crippen LogP contribution in [0.2, 0.25) is 0 Å². The van der Waals surface area contributed by atoms with E-state index in [2.05, 4.69) is 22.4 Å². The second-order valence-corrected chi connectivity index (χ2v) is 5.32.